The Morgan fingerprint density at radius 1 is 1.20 bits per heavy atom. The van der Waals surface area contributed by atoms with Crippen molar-refractivity contribution < 1.29 is 0 Å². The minimum Gasteiger partial charge on any atom is -0.0622 e. The average molecular weight is 202 g/mol. The minimum absolute atomic E-state index is 0.671. The van der Waals surface area contributed by atoms with Crippen molar-refractivity contribution in [3.05, 3.63) is 34.4 Å². The van der Waals surface area contributed by atoms with Crippen LogP contribution in [-0.2, 0) is 12.8 Å². The van der Waals surface area contributed by atoms with Crippen molar-refractivity contribution in [2.45, 2.75) is 52.9 Å². The molecule has 1 aromatic rings. The Kier molecular flexibility index (Phi) is 2.86. The van der Waals surface area contributed by atoms with Crippen molar-refractivity contribution in [1.82, 2.24) is 0 Å². The molecular weight excluding hydrogens is 180 g/mol. The van der Waals surface area contributed by atoms with E-state index < -0.39 is 0 Å². The van der Waals surface area contributed by atoms with E-state index in [9.17, 15) is 0 Å². The van der Waals surface area contributed by atoms with Crippen LogP contribution in [0.4, 0.5) is 0 Å². The molecule has 1 aromatic carbocycles. The maximum Gasteiger partial charge on any atom is -0.0216 e. The van der Waals surface area contributed by atoms with Gasteiger partial charge in [-0.15, -0.1) is 0 Å². The molecule has 0 fully saturated rings. The summed E-state index contributed by atoms with van der Waals surface area (Å²) >= 11 is 0. The smallest absolute Gasteiger partial charge is 0.0216 e. The summed E-state index contributed by atoms with van der Waals surface area (Å²) in [6.07, 6.45) is 3.96. The standard InChI is InChI=1S/C15H22/c1-10(2)13-8-6-12(4)14-7-5-11(3)9-15(13)14/h6,8,10-11H,5,7,9H2,1-4H3/t11-/m1/s1. The van der Waals surface area contributed by atoms with Crippen molar-refractivity contribution >= 4 is 0 Å². The topological polar surface area (TPSA) is 0 Å². The quantitative estimate of drug-likeness (QED) is 0.639. The highest BCUT2D eigenvalue weighted by Gasteiger charge is 2.20. The van der Waals surface area contributed by atoms with E-state index >= 15 is 0 Å². The van der Waals surface area contributed by atoms with Crippen LogP contribution >= 0.6 is 0 Å². The van der Waals surface area contributed by atoms with Gasteiger partial charge in [-0.1, -0.05) is 32.9 Å². The third-order valence-electron chi connectivity index (χ3n) is 3.76. The summed E-state index contributed by atoms with van der Waals surface area (Å²) in [6, 6.07) is 4.65. The number of fused-ring (bicyclic) bond motifs is 1. The van der Waals surface area contributed by atoms with Gasteiger partial charge in [0.1, 0.15) is 0 Å². The molecule has 0 radical (unpaired) electrons. The number of rotatable bonds is 1. The largest absolute Gasteiger partial charge is 0.0622 e. The molecule has 0 N–H and O–H groups in total. The molecule has 1 aliphatic rings. The van der Waals surface area contributed by atoms with Crippen LogP contribution in [0, 0.1) is 12.8 Å². The fourth-order valence-electron chi connectivity index (χ4n) is 2.80. The van der Waals surface area contributed by atoms with Crippen molar-refractivity contribution in [2.24, 2.45) is 5.92 Å². The predicted molar refractivity (Wildman–Crippen MR) is 66.5 cm³/mol. The molecule has 0 aliphatic heterocycles. The normalized spacial score (nSPS) is 20.5. The van der Waals surface area contributed by atoms with E-state index in [1.54, 1.807) is 16.7 Å². The monoisotopic (exact) mass is 202 g/mol. The summed E-state index contributed by atoms with van der Waals surface area (Å²) in [6.45, 7) is 9.27. The molecule has 0 spiro atoms. The van der Waals surface area contributed by atoms with Gasteiger partial charge in [-0.3, -0.25) is 0 Å². The molecule has 0 bridgehead atoms. The van der Waals surface area contributed by atoms with Crippen LogP contribution in [0.3, 0.4) is 0 Å². The zero-order valence-electron chi connectivity index (χ0n) is 10.4. The molecule has 15 heavy (non-hydrogen) atoms. The van der Waals surface area contributed by atoms with Crippen LogP contribution in [0.5, 0.6) is 0 Å². The van der Waals surface area contributed by atoms with Crippen LogP contribution in [0.2, 0.25) is 0 Å². The SMILES string of the molecule is Cc1ccc(C(C)C)c2c1CC[C@@H](C)C2. The highest BCUT2D eigenvalue weighted by atomic mass is 14.2. The van der Waals surface area contributed by atoms with Crippen LogP contribution in [0.25, 0.3) is 0 Å². The van der Waals surface area contributed by atoms with E-state index in [2.05, 4.69) is 39.8 Å². The van der Waals surface area contributed by atoms with Gasteiger partial charge >= 0.3 is 0 Å². The van der Waals surface area contributed by atoms with Crippen molar-refractivity contribution in [3.63, 3.8) is 0 Å². The summed E-state index contributed by atoms with van der Waals surface area (Å²) in [5.74, 6) is 1.54. The van der Waals surface area contributed by atoms with Gasteiger partial charge < -0.3 is 0 Å². The first kappa shape index (κ1) is 10.7. The molecular formula is C15H22. The molecule has 0 unspecified atom stereocenters. The van der Waals surface area contributed by atoms with Gasteiger partial charge in [0.15, 0.2) is 0 Å². The number of hydrogen-bond acceptors (Lipinski definition) is 0. The van der Waals surface area contributed by atoms with Crippen LogP contribution in [0.1, 0.15) is 55.4 Å². The molecule has 1 aliphatic carbocycles. The third kappa shape index (κ3) is 1.95. The van der Waals surface area contributed by atoms with Gasteiger partial charge in [-0.05, 0) is 60.3 Å². The molecule has 2 rings (SSSR count). The lowest BCUT2D eigenvalue weighted by molar-refractivity contribution is 0.495. The second-order valence-corrected chi connectivity index (χ2v) is 5.43. The molecule has 0 heterocycles. The van der Waals surface area contributed by atoms with Gasteiger partial charge in [0, 0.05) is 0 Å². The zero-order valence-corrected chi connectivity index (χ0v) is 10.4. The maximum absolute atomic E-state index is 2.38. The first-order valence-electron chi connectivity index (χ1n) is 6.21. The minimum atomic E-state index is 0.671. The Morgan fingerprint density at radius 2 is 1.93 bits per heavy atom. The van der Waals surface area contributed by atoms with Gasteiger partial charge in [-0.2, -0.15) is 0 Å². The Balaban J connectivity index is 2.51. The van der Waals surface area contributed by atoms with Crippen LogP contribution < -0.4 is 0 Å². The van der Waals surface area contributed by atoms with Gasteiger partial charge in [-0.25, -0.2) is 0 Å². The van der Waals surface area contributed by atoms with Gasteiger partial charge in [0.25, 0.3) is 0 Å². The summed E-state index contributed by atoms with van der Waals surface area (Å²) < 4.78 is 0. The number of benzene rings is 1. The molecule has 0 aromatic heterocycles. The molecule has 0 heteroatoms. The fourth-order valence-corrected chi connectivity index (χ4v) is 2.80. The average Bonchev–Trinajstić information content (AvgIpc) is 2.17. The Labute approximate surface area is 93.7 Å². The number of aryl methyl sites for hydroxylation is 1. The summed E-state index contributed by atoms with van der Waals surface area (Å²) in [4.78, 5) is 0. The highest BCUT2D eigenvalue weighted by molar-refractivity contribution is 5.43. The van der Waals surface area contributed by atoms with E-state index in [0.29, 0.717) is 5.92 Å². The third-order valence-corrected chi connectivity index (χ3v) is 3.76. The second-order valence-electron chi connectivity index (χ2n) is 5.43. The lowest BCUT2D eigenvalue weighted by atomic mass is 9.78. The van der Waals surface area contributed by atoms with Crippen molar-refractivity contribution in [1.29, 1.82) is 0 Å². The molecule has 1 atom stereocenters. The first-order chi connectivity index (χ1) is 7.09. The van der Waals surface area contributed by atoms with Crippen molar-refractivity contribution in [2.75, 3.05) is 0 Å². The van der Waals surface area contributed by atoms with Crippen LogP contribution in [-0.4, -0.2) is 0 Å². The Bertz CT molecular complexity index is 361. The molecule has 0 saturated carbocycles. The summed E-state index contributed by atoms with van der Waals surface area (Å²) in [5, 5.41) is 0. The summed E-state index contributed by atoms with van der Waals surface area (Å²) in [7, 11) is 0. The van der Waals surface area contributed by atoms with E-state index in [4.69, 9.17) is 0 Å². The van der Waals surface area contributed by atoms with Crippen molar-refractivity contribution in [3.8, 4) is 0 Å². The lowest BCUT2D eigenvalue weighted by Gasteiger charge is -2.27. The Morgan fingerprint density at radius 3 is 2.60 bits per heavy atom. The molecule has 82 valence electrons. The predicted octanol–water partition coefficient (Wildman–Crippen LogP) is 4.24. The molecule has 0 saturated heterocycles. The van der Waals surface area contributed by atoms with E-state index in [1.807, 2.05) is 0 Å². The lowest BCUT2D eigenvalue weighted by Crippen LogP contribution is -2.15. The summed E-state index contributed by atoms with van der Waals surface area (Å²) in [5.41, 5.74) is 6.41. The van der Waals surface area contributed by atoms with E-state index in [1.165, 1.54) is 24.8 Å². The van der Waals surface area contributed by atoms with Gasteiger partial charge in [0.2, 0.25) is 0 Å². The van der Waals surface area contributed by atoms with Gasteiger partial charge in [0.05, 0.1) is 0 Å². The second kappa shape index (κ2) is 4.00. The first-order valence-corrected chi connectivity index (χ1v) is 6.21. The molecule has 0 amide bonds. The van der Waals surface area contributed by atoms with Crippen LogP contribution in [0.15, 0.2) is 12.1 Å². The maximum atomic E-state index is 2.38. The zero-order chi connectivity index (χ0) is 11.0. The number of hydrogen-bond donors (Lipinski definition) is 0. The molecule has 0 nitrogen and oxygen atoms in total. The van der Waals surface area contributed by atoms with E-state index in [0.717, 1.165) is 5.92 Å². The van der Waals surface area contributed by atoms with E-state index in [-0.39, 0.29) is 0 Å². The highest BCUT2D eigenvalue weighted by Crippen LogP contribution is 2.33. The Hall–Kier alpha value is -0.780. The fraction of sp³-hybridized carbons (Fsp3) is 0.600.